The van der Waals surface area contributed by atoms with E-state index in [2.05, 4.69) is 14.9 Å². The van der Waals surface area contributed by atoms with Crippen molar-refractivity contribution in [2.45, 2.75) is 26.2 Å². The van der Waals surface area contributed by atoms with E-state index in [-0.39, 0.29) is 23.4 Å². The number of aromatic nitrogens is 2. The molecule has 1 amide bonds. The van der Waals surface area contributed by atoms with Crippen molar-refractivity contribution in [1.29, 1.82) is 5.39 Å². The molecule has 1 N–H and O–H groups in total. The number of hydrogen-bond donors (Lipinski definition) is 1. The number of carbonyl (C=O) groups excluding carboxylic acids is 1. The molecule has 7 heteroatoms. The first-order valence-corrected chi connectivity index (χ1v) is 6.13. The van der Waals surface area contributed by atoms with Crippen LogP contribution in [0.5, 0.6) is 6.01 Å². The van der Waals surface area contributed by atoms with Gasteiger partial charge in [-0.3, -0.25) is 9.78 Å². The lowest BCUT2D eigenvalue weighted by Gasteiger charge is -2.25. The van der Waals surface area contributed by atoms with E-state index in [4.69, 9.17) is 10.1 Å². The smallest absolute Gasteiger partial charge is 0.446 e. The summed E-state index contributed by atoms with van der Waals surface area (Å²) in [5.41, 5.74) is 0.183. The Balaban J connectivity index is 2.20. The Morgan fingerprint density at radius 1 is 1.50 bits per heavy atom. The monoisotopic (exact) mass is 250 g/mol. The molecular weight excluding hydrogens is 234 g/mol. The highest BCUT2D eigenvalue weighted by Gasteiger charge is 2.32. The topological polar surface area (TPSA) is 86.4 Å². The number of nitrogens with zero attached hydrogens (tertiary/aromatic N) is 4. The zero-order chi connectivity index (χ0) is 13.0. The second kappa shape index (κ2) is 5.49. The maximum absolute atomic E-state index is 12.2. The van der Waals surface area contributed by atoms with Gasteiger partial charge in [-0.2, -0.15) is 0 Å². The van der Waals surface area contributed by atoms with Crippen LogP contribution < -0.4 is 4.74 Å². The molecular formula is C11H16N5O2+. The molecule has 1 aliphatic rings. The summed E-state index contributed by atoms with van der Waals surface area (Å²) >= 11 is 0. The van der Waals surface area contributed by atoms with E-state index in [9.17, 15) is 4.79 Å². The van der Waals surface area contributed by atoms with Gasteiger partial charge in [0.1, 0.15) is 0 Å². The lowest BCUT2D eigenvalue weighted by atomic mass is 10.1. The van der Waals surface area contributed by atoms with E-state index < -0.39 is 0 Å². The van der Waals surface area contributed by atoms with Crippen molar-refractivity contribution in [3.63, 3.8) is 0 Å². The van der Waals surface area contributed by atoms with Crippen LogP contribution in [0.3, 0.4) is 0 Å². The first kappa shape index (κ1) is 12.4. The second-order valence-corrected chi connectivity index (χ2v) is 4.13. The summed E-state index contributed by atoms with van der Waals surface area (Å²) in [5.74, 6) is -0.213. The normalized spacial score (nSPS) is 15.2. The minimum absolute atomic E-state index is 0.0194. The highest BCUT2D eigenvalue weighted by Crippen LogP contribution is 2.23. The standard InChI is InChI=1S/C11H15N5O2/c1-2-18-11-13-8(9(14-11)15-12)10(17)16-6-4-3-5-7-16/h2-7H2,1H3/p+1. The molecule has 0 atom stereocenters. The summed E-state index contributed by atoms with van der Waals surface area (Å²) in [6, 6.07) is 0.200. The largest absolute Gasteiger partial charge is 0.499 e. The zero-order valence-electron chi connectivity index (χ0n) is 10.3. The molecule has 2 rings (SSSR count). The van der Waals surface area contributed by atoms with Gasteiger partial charge < -0.3 is 9.64 Å². The molecule has 0 unspecified atom stereocenters. The van der Waals surface area contributed by atoms with E-state index in [0.717, 1.165) is 32.4 Å². The fourth-order valence-electron chi connectivity index (χ4n) is 2.02. The third-order valence-corrected chi connectivity index (χ3v) is 2.90. The van der Waals surface area contributed by atoms with E-state index >= 15 is 0 Å². The molecule has 1 aromatic heterocycles. The first-order valence-electron chi connectivity index (χ1n) is 6.13. The minimum Gasteiger partial charge on any atom is -0.446 e. The van der Waals surface area contributed by atoms with Crippen molar-refractivity contribution < 1.29 is 9.53 Å². The van der Waals surface area contributed by atoms with Gasteiger partial charge in [-0.05, 0) is 26.2 Å². The third-order valence-electron chi connectivity index (χ3n) is 2.90. The van der Waals surface area contributed by atoms with Crippen LogP contribution in [0.25, 0.3) is 4.98 Å². The number of piperidine rings is 1. The molecule has 0 aliphatic carbocycles. The van der Waals surface area contributed by atoms with Crippen LogP contribution in [0.2, 0.25) is 0 Å². The quantitative estimate of drug-likeness (QED) is 0.830. The van der Waals surface area contributed by atoms with Gasteiger partial charge in [-0.25, -0.2) is 0 Å². The summed E-state index contributed by atoms with van der Waals surface area (Å²) in [6.07, 6.45) is 3.15. The molecule has 1 aliphatic heterocycles. The predicted molar refractivity (Wildman–Crippen MR) is 64.3 cm³/mol. The average molecular weight is 250 g/mol. The van der Waals surface area contributed by atoms with Crippen LogP contribution in [-0.2, 0) is 0 Å². The number of likely N-dealkylation sites (tertiary alicyclic amines) is 1. The molecule has 1 saturated heterocycles. The Labute approximate surface area is 105 Å². The molecule has 1 aromatic rings. The molecule has 0 radical (unpaired) electrons. The number of H-pyrrole nitrogens is 1. The van der Waals surface area contributed by atoms with Crippen LogP contribution in [0.1, 0.15) is 36.7 Å². The number of amides is 1. The van der Waals surface area contributed by atoms with Crippen LogP contribution >= 0.6 is 0 Å². The van der Waals surface area contributed by atoms with Crippen molar-refractivity contribution in [2.75, 3.05) is 19.7 Å². The van der Waals surface area contributed by atoms with E-state index in [1.54, 1.807) is 4.90 Å². The Morgan fingerprint density at radius 3 is 2.83 bits per heavy atom. The number of imidazole rings is 1. The van der Waals surface area contributed by atoms with Crippen molar-refractivity contribution >= 4 is 11.7 Å². The zero-order valence-corrected chi connectivity index (χ0v) is 10.3. The van der Waals surface area contributed by atoms with Gasteiger partial charge in [0.05, 0.1) is 12.0 Å². The van der Waals surface area contributed by atoms with Gasteiger partial charge >= 0.3 is 11.8 Å². The lowest BCUT2D eigenvalue weighted by Crippen LogP contribution is -2.35. The molecule has 7 nitrogen and oxygen atoms in total. The van der Waals surface area contributed by atoms with Gasteiger partial charge in [0.2, 0.25) is 5.69 Å². The number of carbonyl (C=O) groups is 1. The Bertz CT molecular complexity index is 470. The summed E-state index contributed by atoms with van der Waals surface area (Å²) in [5, 5.41) is 8.86. The third kappa shape index (κ3) is 2.42. The number of ether oxygens (including phenoxy) is 1. The lowest BCUT2D eigenvalue weighted by molar-refractivity contribution is 0.0719. The molecule has 2 heterocycles. The Kier molecular flexibility index (Phi) is 3.77. The van der Waals surface area contributed by atoms with E-state index in [0.29, 0.717) is 6.61 Å². The fourth-order valence-corrected chi connectivity index (χ4v) is 2.02. The van der Waals surface area contributed by atoms with Gasteiger partial charge in [0.25, 0.3) is 5.91 Å². The number of aromatic amines is 1. The van der Waals surface area contributed by atoms with Crippen molar-refractivity contribution in [1.82, 2.24) is 14.9 Å². The summed E-state index contributed by atoms with van der Waals surface area (Å²) in [4.78, 5) is 23.6. The van der Waals surface area contributed by atoms with Crippen molar-refractivity contribution in [2.24, 2.45) is 0 Å². The van der Waals surface area contributed by atoms with Crippen LogP contribution in [0.4, 0.5) is 5.82 Å². The molecule has 0 spiro atoms. The Hall–Kier alpha value is -2.10. The highest BCUT2D eigenvalue weighted by molar-refractivity contribution is 5.97. The van der Waals surface area contributed by atoms with Gasteiger partial charge in [-0.1, -0.05) is 0 Å². The highest BCUT2D eigenvalue weighted by atomic mass is 16.5. The second-order valence-electron chi connectivity index (χ2n) is 4.13. The van der Waals surface area contributed by atoms with Crippen LogP contribution in [0, 0.1) is 5.39 Å². The Morgan fingerprint density at radius 2 is 2.22 bits per heavy atom. The molecule has 96 valence electrons. The van der Waals surface area contributed by atoms with E-state index in [1.807, 2.05) is 6.92 Å². The average Bonchev–Trinajstić information content (AvgIpc) is 2.82. The predicted octanol–water partition coefficient (Wildman–Crippen LogP) is 1.92. The summed E-state index contributed by atoms with van der Waals surface area (Å²) in [7, 11) is 0. The van der Waals surface area contributed by atoms with E-state index in [1.165, 1.54) is 0 Å². The summed E-state index contributed by atoms with van der Waals surface area (Å²) in [6.45, 7) is 3.69. The number of hydrogen-bond acceptors (Lipinski definition) is 4. The first-order chi connectivity index (χ1) is 8.76. The van der Waals surface area contributed by atoms with Gasteiger partial charge in [-0.15, -0.1) is 0 Å². The summed E-state index contributed by atoms with van der Waals surface area (Å²) < 4.78 is 5.16. The van der Waals surface area contributed by atoms with Crippen LogP contribution in [-0.4, -0.2) is 40.5 Å². The van der Waals surface area contributed by atoms with Gasteiger partial charge in [0.15, 0.2) is 0 Å². The minimum atomic E-state index is -0.194. The SMILES string of the molecule is CCOc1nc([N+]#N)c(C(=O)N2CCCCC2)[nH]1. The maximum atomic E-state index is 12.2. The molecule has 1 fully saturated rings. The molecule has 0 aromatic carbocycles. The van der Waals surface area contributed by atoms with Crippen molar-refractivity contribution in [3.8, 4) is 6.01 Å². The van der Waals surface area contributed by atoms with Gasteiger partial charge in [0, 0.05) is 23.0 Å². The molecule has 18 heavy (non-hydrogen) atoms. The number of nitrogens with one attached hydrogen (secondary N) is 1. The van der Waals surface area contributed by atoms with Crippen LogP contribution in [0.15, 0.2) is 0 Å². The van der Waals surface area contributed by atoms with Crippen molar-refractivity contribution in [3.05, 3.63) is 10.7 Å². The molecule has 0 bridgehead atoms. The maximum Gasteiger partial charge on any atom is 0.499 e. The number of rotatable bonds is 3. The molecule has 0 saturated carbocycles. The number of diazo groups is 1. The fraction of sp³-hybridized carbons (Fsp3) is 0.636.